The quantitative estimate of drug-likeness (QED) is 0.820. The van der Waals surface area contributed by atoms with Gasteiger partial charge in [-0.15, -0.1) is 0 Å². The van der Waals surface area contributed by atoms with Gasteiger partial charge >= 0.3 is 0 Å². The Morgan fingerprint density at radius 1 is 1.26 bits per heavy atom. The van der Waals surface area contributed by atoms with Crippen LogP contribution in [0.3, 0.4) is 0 Å². The molecule has 0 fully saturated rings. The number of benzene rings is 1. The summed E-state index contributed by atoms with van der Waals surface area (Å²) in [5.74, 6) is 0.531. The number of halogens is 1. The number of rotatable bonds is 5. The Labute approximate surface area is 116 Å². The zero-order valence-corrected chi connectivity index (χ0v) is 10.9. The molecule has 0 atom stereocenters. The lowest BCUT2D eigenvalue weighted by Gasteiger charge is -2.07. The number of anilines is 1. The first-order valence-electron chi connectivity index (χ1n) is 5.79. The Hall–Kier alpha value is -2.14. The normalized spacial score (nSPS) is 9.95. The van der Waals surface area contributed by atoms with Gasteiger partial charge in [-0.2, -0.15) is 0 Å². The molecule has 0 saturated heterocycles. The number of hydrogen-bond acceptors (Lipinski definition) is 4. The summed E-state index contributed by atoms with van der Waals surface area (Å²) < 4.78 is 0. The zero-order chi connectivity index (χ0) is 13.5. The molecule has 19 heavy (non-hydrogen) atoms. The van der Waals surface area contributed by atoms with Crippen molar-refractivity contribution in [2.75, 3.05) is 18.4 Å². The first-order valence-corrected chi connectivity index (χ1v) is 6.17. The topological polar surface area (TPSA) is 66.9 Å². The number of hydrogen-bond donors (Lipinski definition) is 2. The minimum Gasteiger partial charge on any atom is -0.367 e. The number of nitrogens with zero attached hydrogens (tertiary/aromatic N) is 2. The van der Waals surface area contributed by atoms with Gasteiger partial charge in [0.15, 0.2) is 0 Å². The second-order valence-corrected chi connectivity index (χ2v) is 4.22. The lowest BCUT2D eigenvalue weighted by atomic mass is 10.2. The van der Waals surface area contributed by atoms with Crippen LogP contribution >= 0.6 is 11.6 Å². The monoisotopic (exact) mass is 276 g/mol. The minimum atomic E-state index is -0.150. The maximum Gasteiger partial charge on any atom is 0.251 e. The minimum absolute atomic E-state index is 0.150. The Kier molecular flexibility index (Phi) is 4.69. The zero-order valence-electron chi connectivity index (χ0n) is 10.1. The van der Waals surface area contributed by atoms with Crippen molar-refractivity contribution in [1.82, 2.24) is 15.3 Å². The average Bonchev–Trinajstić information content (AvgIpc) is 2.44. The van der Waals surface area contributed by atoms with Crippen molar-refractivity contribution in [2.24, 2.45) is 0 Å². The standard InChI is InChI=1S/C13H13ClN4O/c14-11-3-1-2-10(8-11)13(19)18-7-6-17-12-9-15-4-5-16-12/h1-5,8-9H,6-7H2,(H,16,17)(H,18,19). The van der Waals surface area contributed by atoms with Crippen LogP contribution in [0.25, 0.3) is 0 Å². The van der Waals surface area contributed by atoms with Crippen molar-refractivity contribution in [2.45, 2.75) is 0 Å². The van der Waals surface area contributed by atoms with Crippen molar-refractivity contribution in [1.29, 1.82) is 0 Å². The molecular weight excluding hydrogens is 264 g/mol. The summed E-state index contributed by atoms with van der Waals surface area (Å²) >= 11 is 5.82. The van der Waals surface area contributed by atoms with Gasteiger partial charge in [0.1, 0.15) is 5.82 Å². The maximum atomic E-state index is 11.8. The molecule has 0 bridgehead atoms. The molecule has 2 rings (SSSR count). The van der Waals surface area contributed by atoms with Gasteiger partial charge < -0.3 is 10.6 Å². The van der Waals surface area contributed by atoms with Crippen LogP contribution in [0.15, 0.2) is 42.9 Å². The summed E-state index contributed by atoms with van der Waals surface area (Å²) in [6.45, 7) is 1.06. The van der Waals surface area contributed by atoms with E-state index < -0.39 is 0 Å². The number of carbonyl (C=O) groups is 1. The molecule has 1 aromatic carbocycles. The van der Waals surface area contributed by atoms with E-state index in [1.54, 1.807) is 42.9 Å². The van der Waals surface area contributed by atoms with Crippen molar-refractivity contribution < 1.29 is 4.79 Å². The lowest BCUT2D eigenvalue weighted by molar-refractivity contribution is 0.0955. The third kappa shape index (κ3) is 4.22. The molecule has 0 aliphatic heterocycles. The molecule has 98 valence electrons. The van der Waals surface area contributed by atoms with Gasteiger partial charge in [-0.25, -0.2) is 4.98 Å². The van der Waals surface area contributed by atoms with E-state index in [4.69, 9.17) is 11.6 Å². The third-order valence-electron chi connectivity index (χ3n) is 2.37. The van der Waals surface area contributed by atoms with Crippen LogP contribution in [0.4, 0.5) is 5.82 Å². The van der Waals surface area contributed by atoms with Crippen molar-refractivity contribution in [3.05, 3.63) is 53.4 Å². The van der Waals surface area contributed by atoms with Crippen LogP contribution in [-0.4, -0.2) is 29.0 Å². The van der Waals surface area contributed by atoms with Crippen LogP contribution in [0.5, 0.6) is 0 Å². The van der Waals surface area contributed by atoms with Gasteiger partial charge in [0, 0.05) is 36.1 Å². The lowest BCUT2D eigenvalue weighted by Crippen LogP contribution is -2.28. The predicted molar refractivity (Wildman–Crippen MR) is 74.3 cm³/mol. The second kappa shape index (κ2) is 6.70. The summed E-state index contributed by atoms with van der Waals surface area (Å²) in [7, 11) is 0. The van der Waals surface area contributed by atoms with E-state index in [1.165, 1.54) is 0 Å². The van der Waals surface area contributed by atoms with E-state index in [0.717, 1.165) is 0 Å². The first-order chi connectivity index (χ1) is 9.25. The van der Waals surface area contributed by atoms with Crippen LogP contribution in [0.2, 0.25) is 5.02 Å². The summed E-state index contributed by atoms with van der Waals surface area (Å²) in [5.41, 5.74) is 0.548. The van der Waals surface area contributed by atoms with Gasteiger partial charge in [-0.3, -0.25) is 9.78 Å². The van der Waals surface area contributed by atoms with E-state index in [9.17, 15) is 4.79 Å². The van der Waals surface area contributed by atoms with Crippen LogP contribution in [0.1, 0.15) is 10.4 Å². The van der Waals surface area contributed by atoms with E-state index >= 15 is 0 Å². The summed E-state index contributed by atoms with van der Waals surface area (Å²) in [6.07, 6.45) is 4.83. The SMILES string of the molecule is O=C(NCCNc1cnccn1)c1cccc(Cl)c1. The fourth-order valence-electron chi connectivity index (χ4n) is 1.49. The maximum absolute atomic E-state index is 11.8. The van der Waals surface area contributed by atoms with E-state index in [2.05, 4.69) is 20.6 Å². The average molecular weight is 277 g/mol. The highest BCUT2D eigenvalue weighted by Crippen LogP contribution is 2.10. The second-order valence-electron chi connectivity index (χ2n) is 3.78. The highest BCUT2D eigenvalue weighted by molar-refractivity contribution is 6.30. The molecular formula is C13H13ClN4O. The Balaban J connectivity index is 1.75. The molecule has 0 aliphatic carbocycles. The fourth-order valence-corrected chi connectivity index (χ4v) is 1.68. The highest BCUT2D eigenvalue weighted by Gasteiger charge is 2.04. The molecule has 1 amide bonds. The molecule has 0 aliphatic rings. The number of carbonyl (C=O) groups excluding carboxylic acids is 1. The predicted octanol–water partition coefficient (Wildman–Crippen LogP) is 1.97. The van der Waals surface area contributed by atoms with Crippen molar-refractivity contribution in [3.63, 3.8) is 0 Å². The molecule has 2 aromatic rings. The summed E-state index contributed by atoms with van der Waals surface area (Å²) in [6, 6.07) is 6.83. The molecule has 0 spiro atoms. The molecule has 2 N–H and O–H groups in total. The smallest absolute Gasteiger partial charge is 0.251 e. The summed E-state index contributed by atoms with van der Waals surface area (Å²) in [5, 5.41) is 6.38. The van der Waals surface area contributed by atoms with Gasteiger partial charge in [0.2, 0.25) is 0 Å². The third-order valence-corrected chi connectivity index (χ3v) is 2.60. The van der Waals surface area contributed by atoms with E-state index in [1.807, 2.05) is 0 Å². The number of amides is 1. The number of nitrogens with one attached hydrogen (secondary N) is 2. The van der Waals surface area contributed by atoms with E-state index in [-0.39, 0.29) is 5.91 Å². The first kappa shape index (κ1) is 13.3. The Bertz CT molecular complexity index is 547. The van der Waals surface area contributed by atoms with Crippen molar-refractivity contribution in [3.8, 4) is 0 Å². The fraction of sp³-hybridized carbons (Fsp3) is 0.154. The molecule has 5 nitrogen and oxygen atoms in total. The van der Waals surface area contributed by atoms with E-state index in [0.29, 0.717) is 29.5 Å². The molecule has 1 heterocycles. The molecule has 0 unspecified atom stereocenters. The largest absolute Gasteiger partial charge is 0.367 e. The number of aromatic nitrogens is 2. The highest BCUT2D eigenvalue weighted by atomic mass is 35.5. The molecule has 6 heteroatoms. The van der Waals surface area contributed by atoms with Crippen LogP contribution in [0, 0.1) is 0 Å². The molecule has 1 aromatic heterocycles. The van der Waals surface area contributed by atoms with Gasteiger partial charge in [0.25, 0.3) is 5.91 Å². The van der Waals surface area contributed by atoms with Crippen LogP contribution in [-0.2, 0) is 0 Å². The van der Waals surface area contributed by atoms with Gasteiger partial charge in [-0.1, -0.05) is 17.7 Å². The summed E-state index contributed by atoms with van der Waals surface area (Å²) in [4.78, 5) is 19.8. The Morgan fingerprint density at radius 2 is 2.16 bits per heavy atom. The van der Waals surface area contributed by atoms with Gasteiger partial charge in [-0.05, 0) is 18.2 Å². The van der Waals surface area contributed by atoms with Gasteiger partial charge in [0.05, 0.1) is 6.20 Å². The van der Waals surface area contributed by atoms with Crippen molar-refractivity contribution >= 4 is 23.3 Å². The van der Waals surface area contributed by atoms with Crippen LogP contribution < -0.4 is 10.6 Å². The molecule has 0 saturated carbocycles. The molecule has 0 radical (unpaired) electrons. The Morgan fingerprint density at radius 3 is 2.89 bits per heavy atom.